The number of hydrogen-bond donors (Lipinski definition) is 0. The molecule has 28 heavy (non-hydrogen) atoms. The Balaban J connectivity index is 1.33. The summed E-state index contributed by atoms with van der Waals surface area (Å²) in [5, 5.41) is 19.3. The molecule has 2 aromatic carbocycles. The van der Waals surface area contributed by atoms with Gasteiger partial charge in [0.25, 0.3) is 0 Å². The Morgan fingerprint density at radius 2 is 1.64 bits per heavy atom. The van der Waals surface area contributed by atoms with Crippen LogP contribution in [0.2, 0.25) is 0 Å². The molecule has 1 heterocycles. The zero-order valence-electron chi connectivity index (χ0n) is 15.6. The van der Waals surface area contributed by atoms with Crippen molar-refractivity contribution in [3.63, 3.8) is 0 Å². The van der Waals surface area contributed by atoms with E-state index < -0.39 is 0 Å². The van der Waals surface area contributed by atoms with Gasteiger partial charge in [-0.15, -0.1) is 0 Å². The first-order chi connectivity index (χ1) is 13.8. The fourth-order valence-electron chi connectivity index (χ4n) is 2.93. The monoisotopic (exact) mass is 371 g/mol. The molecule has 0 bridgehead atoms. The Morgan fingerprint density at radius 1 is 0.821 bits per heavy atom. The van der Waals surface area contributed by atoms with Crippen LogP contribution in [0, 0.1) is 22.7 Å². The van der Waals surface area contributed by atoms with Gasteiger partial charge in [-0.05, 0) is 62.1 Å². The summed E-state index contributed by atoms with van der Waals surface area (Å²) in [4.78, 5) is 4.30. The number of ether oxygens (including phenoxy) is 2. The van der Waals surface area contributed by atoms with Gasteiger partial charge in [0.1, 0.15) is 29.2 Å². The third-order valence-corrected chi connectivity index (χ3v) is 4.40. The average Bonchev–Trinajstić information content (AvgIpc) is 2.75. The lowest BCUT2D eigenvalue weighted by Gasteiger charge is -2.09. The molecule has 0 radical (unpaired) electrons. The Labute approximate surface area is 164 Å². The van der Waals surface area contributed by atoms with E-state index in [2.05, 4.69) is 4.98 Å². The molecule has 0 atom stereocenters. The molecule has 5 heteroatoms. The van der Waals surface area contributed by atoms with Crippen molar-refractivity contribution in [1.82, 2.24) is 4.98 Å². The van der Waals surface area contributed by atoms with E-state index in [4.69, 9.17) is 14.7 Å². The summed E-state index contributed by atoms with van der Waals surface area (Å²) in [6.07, 6.45) is 5.71. The van der Waals surface area contributed by atoms with Crippen LogP contribution in [0.1, 0.15) is 36.8 Å². The lowest BCUT2D eigenvalue weighted by atomic mass is 10.1. The first-order valence-electron chi connectivity index (χ1n) is 9.35. The molecular formula is C23H21N3O2. The van der Waals surface area contributed by atoms with E-state index in [0.29, 0.717) is 30.1 Å². The highest BCUT2D eigenvalue weighted by Gasteiger charge is 2.08. The van der Waals surface area contributed by atoms with E-state index in [1.165, 1.54) is 0 Å². The number of nitrogens with zero attached hydrogens (tertiary/aromatic N) is 3. The number of benzene rings is 2. The van der Waals surface area contributed by atoms with Crippen LogP contribution in [0.4, 0.5) is 0 Å². The summed E-state index contributed by atoms with van der Waals surface area (Å²) in [6, 6.07) is 19.0. The fraction of sp³-hybridized carbons (Fsp3) is 0.261. The van der Waals surface area contributed by atoms with Crippen LogP contribution in [0.5, 0.6) is 11.5 Å². The van der Waals surface area contributed by atoms with Crippen molar-refractivity contribution in [2.75, 3.05) is 13.2 Å². The smallest absolute Gasteiger partial charge is 0.138 e. The molecule has 3 aromatic rings. The topological polar surface area (TPSA) is 78.9 Å². The normalized spacial score (nSPS) is 10.2. The minimum Gasteiger partial charge on any atom is -0.494 e. The second-order valence-electron chi connectivity index (χ2n) is 6.37. The molecular weight excluding hydrogens is 350 g/mol. The SMILES string of the molecule is N#Cc1cccc(OCCCCCCOc2ccc3ncccc3c2)c1C#N. The number of aromatic nitrogens is 1. The molecule has 1 aromatic heterocycles. The highest BCUT2D eigenvalue weighted by atomic mass is 16.5. The molecule has 0 aliphatic carbocycles. The molecule has 140 valence electrons. The molecule has 0 aliphatic rings. The van der Waals surface area contributed by atoms with Crippen molar-refractivity contribution in [2.45, 2.75) is 25.7 Å². The van der Waals surface area contributed by atoms with Crippen LogP contribution >= 0.6 is 0 Å². The number of nitriles is 2. The standard InChI is InChI=1S/C23H21N3O2/c24-16-19-7-5-9-23(21(19)17-25)28-14-4-2-1-3-13-27-20-10-11-22-18(15-20)8-6-12-26-22/h5-12,15H,1-4,13-14H2. The highest BCUT2D eigenvalue weighted by Crippen LogP contribution is 2.22. The molecule has 0 amide bonds. The molecule has 0 aliphatic heterocycles. The van der Waals surface area contributed by atoms with Crippen LogP contribution in [0.3, 0.4) is 0 Å². The number of fused-ring (bicyclic) bond motifs is 1. The number of rotatable bonds is 9. The summed E-state index contributed by atoms with van der Waals surface area (Å²) in [5.74, 6) is 1.35. The molecule has 5 nitrogen and oxygen atoms in total. The maximum absolute atomic E-state index is 9.18. The van der Waals surface area contributed by atoms with Crippen LogP contribution in [0.25, 0.3) is 10.9 Å². The van der Waals surface area contributed by atoms with E-state index >= 15 is 0 Å². The predicted molar refractivity (Wildman–Crippen MR) is 107 cm³/mol. The summed E-state index contributed by atoms with van der Waals surface area (Å²) in [7, 11) is 0. The van der Waals surface area contributed by atoms with Gasteiger partial charge in [0.15, 0.2) is 0 Å². The van der Waals surface area contributed by atoms with Crippen LogP contribution < -0.4 is 9.47 Å². The quantitative estimate of drug-likeness (QED) is 0.495. The summed E-state index contributed by atoms with van der Waals surface area (Å²) in [6.45, 7) is 1.21. The van der Waals surface area contributed by atoms with Crippen LogP contribution in [0.15, 0.2) is 54.7 Å². The molecule has 0 fully saturated rings. The fourth-order valence-corrected chi connectivity index (χ4v) is 2.93. The number of hydrogen-bond acceptors (Lipinski definition) is 5. The van der Waals surface area contributed by atoms with E-state index in [1.54, 1.807) is 24.4 Å². The van der Waals surface area contributed by atoms with E-state index in [0.717, 1.165) is 42.3 Å². The molecule has 0 saturated heterocycles. The van der Waals surface area contributed by atoms with Gasteiger partial charge in [-0.3, -0.25) is 4.98 Å². The third kappa shape index (κ3) is 4.99. The summed E-state index contributed by atoms with van der Waals surface area (Å²) < 4.78 is 11.5. The van der Waals surface area contributed by atoms with Gasteiger partial charge >= 0.3 is 0 Å². The van der Waals surface area contributed by atoms with Gasteiger partial charge in [0, 0.05) is 11.6 Å². The number of pyridine rings is 1. The van der Waals surface area contributed by atoms with Gasteiger partial charge in [-0.2, -0.15) is 10.5 Å². The van der Waals surface area contributed by atoms with E-state index in [1.807, 2.05) is 42.5 Å². The molecule has 0 N–H and O–H groups in total. The Bertz CT molecular complexity index is 1020. The van der Waals surface area contributed by atoms with Gasteiger partial charge in [-0.25, -0.2) is 0 Å². The van der Waals surface area contributed by atoms with Crippen molar-refractivity contribution in [3.8, 4) is 23.6 Å². The third-order valence-electron chi connectivity index (χ3n) is 4.40. The van der Waals surface area contributed by atoms with Crippen molar-refractivity contribution in [2.24, 2.45) is 0 Å². The van der Waals surface area contributed by atoms with Crippen molar-refractivity contribution in [3.05, 3.63) is 65.9 Å². The van der Waals surface area contributed by atoms with Gasteiger partial charge in [0.2, 0.25) is 0 Å². The molecule has 3 rings (SSSR count). The summed E-state index contributed by atoms with van der Waals surface area (Å²) in [5.41, 5.74) is 1.63. The average molecular weight is 371 g/mol. The molecule has 0 spiro atoms. The maximum Gasteiger partial charge on any atom is 0.138 e. The van der Waals surface area contributed by atoms with E-state index in [-0.39, 0.29) is 0 Å². The zero-order valence-corrected chi connectivity index (χ0v) is 15.6. The van der Waals surface area contributed by atoms with Gasteiger partial charge in [0.05, 0.1) is 24.3 Å². The van der Waals surface area contributed by atoms with E-state index in [9.17, 15) is 5.26 Å². The van der Waals surface area contributed by atoms with Crippen molar-refractivity contribution in [1.29, 1.82) is 10.5 Å². The Hall–Kier alpha value is -3.57. The Kier molecular flexibility index (Phi) is 6.82. The maximum atomic E-state index is 9.18. The second kappa shape index (κ2) is 9.94. The minimum absolute atomic E-state index is 0.309. The zero-order chi connectivity index (χ0) is 19.6. The first kappa shape index (κ1) is 19.2. The minimum atomic E-state index is 0.309. The van der Waals surface area contributed by atoms with Gasteiger partial charge < -0.3 is 9.47 Å². The van der Waals surface area contributed by atoms with Crippen LogP contribution in [-0.4, -0.2) is 18.2 Å². The second-order valence-corrected chi connectivity index (χ2v) is 6.37. The lowest BCUT2D eigenvalue weighted by Crippen LogP contribution is -2.01. The van der Waals surface area contributed by atoms with Crippen molar-refractivity contribution >= 4 is 10.9 Å². The first-order valence-corrected chi connectivity index (χ1v) is 9.35. The molecule has 0 saturated carbocycles. The number of unbranched alkanes of at least 4 members (excludes halogenated alkanes) is 3. The highest BCUT2D eigenvalue weighted by molar-refractivity contribution is 5.79. The van der Waals surface area contributed by atoms with Crippen LogP contribution in [-0.2, 0) is 0 Å². The Morgan fingerprint density at radius 3 is 2.43 bits per heavy atom. The summed E-state index contributed by atoms with van der Waals surface area (Å²) >= 11 is 0. The molecule has 0 unspecified atom stereocenters. The largest absolute Gasteiger partial charge is 0.494 e. The lowest BCUT2D eigenvalue weighted by molar-refractivity contribution is 0.287. The van der Waals surface area contributed by atoms with Crippen molar-refractivity contribution < 1.29 is 9.47 Å². The predicted octanol–water partition coefficient (Wildman–Crippen LogP) is 5.00. The van der Waals surface area contributed by atoms with Gasteiger partial charge in [-0.1, -0.05) is 12.1 Å².